The molecular weight excluding hydrogens is 292 g/mol. The summed E-state index contributed by atoms with van der Waals surface area (Å²) < 4.78 is 27.0. The zero-order chi connectivity index (χ0) is 15.8. The van der Waals surface area contributed by atoms with Gasteiger partial charge in [-0.1, -0.05) is 6.92 Å². The number of nitrogens with zero attached hydrogens (tertiary/aromatic N) is 2. The monoisotopic (exact) mass is 312 g/mol. The fourth-order valence-electron chi connectivity index (χ4n) is 2.69. The molecule has 116 valence electrons. The SMILES string of the molecule is Cc1cc([N+](=O)[O-])cc(S(=O)(=O)N2CCCC(C)C2)c1C. The smallest absolute Gasteiger partial charge is 0.258 e. The average molecular weight is 312 g/mol. The molecule has 1 saturated heterocycles. The van der Waals surface area contributed by atoms with Crippen LogP contribution < -0.4 is 0 Å². The Morgan fingerprint density at radius 3 is 2.57 bits per heavy atom. The minimum Gasteiger partial charge on any atom is -0.258 e. The van der Waals surface area contributed by atoms with Gasteiger partial charge >= 0.3 is 0 Å². The van der Waals surface area contributed by atoms with E-state index in [0.29, 0.717) is 30.1 Å². The molecule has 6 nitrogen and oxygen atoms in total. The molecule has 0 aliphatic carbocycles. The number of hydrogen-bond acceptors (Lipinski definition) is 4. The fourth-order valence-corrected chi connectivity index (χ4v) is 4.60. The van der Waals surface area contributed by atoms with Crippen LogP contribution >= 0.6 is 0 Å². The lowest BCUT2D eigenvalue weighted by Gasteiger charge is -2.30. The van der Waals surface area contributed by atoms with Crippen molar-refractivity contribution in [1.82, 2.24) is 4.31 Å². The number of nitro benzene ring substituents is 1. The molecule has 0 spiro atoms. The number of piperidine rings is 1. The maximum absolute atomic E-state index is 12.8. The summed E-state index contributed by atoms with van der Waals surface area (Å²) in [5.74, 6) is 0.314. The maximum Gasteiger partial charge on any atom is 0.271 e. The molecule has 1 fully saturated rings. The van der Waals surface area contributed by atoms with Crippen LogP contribution in [0.5, 0.6) is 0 Å². The second-order valence-corrected chi connectivity index (χ2v) is 7.66. The van der Waals surface area contributed by atoms with Crippen molar-refractivity contribution in [3.63, 3.8) is 0 Å². The van der Waals surface area contributed by atoms with Gasteiger partial charge in [-0.05, 0) is 43.7 Å². The van der Waals surface area contributed by atoms with Gasteiger partial charge in [0.15, 0.2) is 0 Å². The van der Waals surface area contributed by atoms with E-state index in [2.05, 4.69) is 0 Å². The van der Waals surface area contributed by atoms with Crippen LogP contribution in [0.4, 0.5) is 5.69 Å². The molecule has 0 radical (unpaired) electrons. The Balaban J connectivity index is 2.51. The van der Waals surface area contributed by atoms with Crippen LogP contribution in [0.25, 0.3) is 0 Å². The van der Waals surface area contributed by atoms with E-state index < -0.39 is 14.9 Å². The van der Waals surface area contributed by atoms with Gasteiger partial charge in [-0.25, -0.2) is 8.42 Å². The summed E-state index contributed by atoms with van der Waals surface area (Å²) >= 11 is 0. The lowest BCUT2D eigenvalue weighted by Crippen LogP contribution is -2.39. The Labute approximate surface area is 125 Å². The minimum atomic E-state index is -3.68. The Morgan fingerprint density at radius 2 is 2.00 bits per heavy atom. The molecule has 1 aliphatic heterocycles. The number of hydrogen-bond donors (Lipinski definition) is 0. The molecule has 0 aromatic heterocycles. The molecule has 0 amide bonds. The second-order valence-electron chi connectivity index (χ2n) is 5.75. The van der Waals surface area contributed by atoms with Crippen LogP contribution in [-0.4, -0.2) is 30.7 Å². The molecule has 7 heteroatoms. The predicted molar refractivity (Wildman–Crippen MR) is 79.7 cm³/mol. The van der Waals surface area contributed by atoms with E-state index in [1.807, 2.05) is 6.92 Å². The van der Waals surface area contributed by atoms with Crippen molar-refractivity contribution in [1.29, 1.82) is 0 Å². The topological polar surface area (TPSA) is 80.5 Å². The van der Waals surface area contributed by atoms with Gasteiger partial charge in [0.25, 0.3) is 5.69 Å². The zero-order valence-corrected chi connectivity index (χ0v) is 13.3. The number of benzene rings is 1. The van der Waals surface area contributed by atoms with Gasteiger partial charge in [-0.3, -0.25) is 10.1 Å². The Bertz CT molecular complexity index is 670. The van der Waals surface area contributed by atoms with Gasteiger partial charge in [0.2, 0.25) is 10.0 Å². The van der Waals surface area contributed by atoms with E-state index in [9.17, 15) is 18.5 Å². The number of sulfonamides is 1. The van der Waals surface area contributed by atoms with Crippen molar-refractivity contribution < 1.29 is 13.3 Å². The highest BCUT2D eigenvalue weighted by Gasteiger charge is 2.31. The summed E-state index contributed by atoms with van der Waals surface area (Å²) in [4.78, 5) is 10.5. The summed E-state index contributed by atoms with van der Waals surface area (Å²) in [7, 11) is -3.68. The summed E-state index contributed by atoms with van der Waals surface area (Å²) in [5, 5.41) is 11.0. The van der Waals surface area contributed by atoms with Gasteiger partial charge in [0.1, 0.15) is 0 Å². The minimum absolute atomic E-state index is 0.0586. The first-order chi connectivity index (χ1) is 9.73. The van der Waals surface area contributed by atoms with E-state index in [1.165, 1.54) is 16.4 Å². The van der Waals surface area contributed by atoms with Crippen LogP contribution in [0.15, 0.2) is 17.0 Å². The Hall–Kier alpha value is -1.47. The van der Waals surface area contributed by atoms with Crippen molar-refractivity contribution in [2.45, 2.75) is 38.5 Å². The quantitative estimate of drug-likeness (QED) is 0.634. The molecule has 1 heterocycles. The molecule has 0 saturated carbocycles. The fraction of sp³-hybridized carbons (Fsp3) is 0.571. The number of rotatable bonds is 3. The number of aryl methyl sites for hydroxylation is 1. The van der Waals surface area contributed by atoms with E-state index in [1.54, 1.807) is 13.8 Å². The highest BCUT2D eigenvalue weighted by molar-refractivity contribution is 7.89. The third kappa shape index (κ3) is 3.08. The Kier molecular flexibility index (Phi) is 4.34. The van der Waals surface area contributed by atoms with Crippen LogP contribution in [0.1, 0.15) is 30.9 Å². The Morgan fingerprint density at radius 1 is 1.33 bits per heavy atom. The van der Waals surface area contributed by atoms with Gasteiger partial charge in [-0.2, -0.15) is 4.31 Å². The number of nitro groups is 1. The van der Waals surface area contributed by atoms with E-state index in [4.69, 9.17) is 0 Å². The average Bonchev–Trinajstić information content (AvgIpc) is 2.41. The first kappa shape index (κ1) is 15.9. The highest BCUT2D eigenvalue weighted by Crippen LogP contribution is 2.30. The molecule has 1 unspecified atom stereocenters. The van der Waals surface area contributed by atoms with Crippen LogP contribution in [-0.2, 0) is 10.0 Å². The van der Waals surface area contributed by atoms with Crippen molar-refractivity contribution in [2.75, 3.05) is 13.1 Å². The summed E-state index contributed by atoms with van der Waals surface area (Å²) in [6.45, 7) is 6.37. The summed E-state index contributed by atoms with van der Waals surface area (Å²) in [6, 6.07) is 2.59. The third-order valence-electron chi connectivity index (χ3n) is 4.05. The molecule has 0 bridgehead atoms. The first-order valence-electron chi connectivity index (χ1n) is 6.99. The predicted octanol–water partition coefficient (Wildman–Crippen LogP) is 2.63. The van der Waals surface area contributed by atoms with E-state index >= 15 is 0 Å². The molecule has 21 heavy (non-hydrogen) atoms. The van der Waals surface area contributed by atoms with Gasteiger partial charge < -0.3 is 0 Å². The van der Waals surface area contributed by atoms with Crippen molar-refractivity contribution in [3.8, 4) is 0 Å². The van der Waals surface area contributed by atoms with Crippen molar-refractivity contribution in [3.05, 3.63) is 33.4 Å². The van der Waals surface area contributed by atoms with Gasteiger partial charge in [-0.15, -0.1) is 0 Å². The highest BCUT2D eigenvalue weighted by atomic mass is 32.2. The van der Waals surface area contributed by atoms with Crippen molar-refractivity contribution in [2.24, 2.45) is 5.92 Å². The van der Waals surface area contributed by atoms with Gasteiger partial charge in [0, 0.05) is 25.2 Å². The lowest BCUT2D eigenvalue weighted by atomic mass is 10.0. The summed E-state index contributed by atoms with van der Waals surface area (Å²) in [6.07, 6.45) is 1.84. The van der Waals surface area contributed by atoms with Crippen LogP contribution in [0, 0.1) is 29.9 Å². The van der Waals surface area contributed by atoms with Crippen LogP contribution in [0.3, 0.4) is 0 Å². The largest absolute Gasteiger partial charge is 0.271 e. The molecular formula is C14H20N2O4S. The maximum atomic E-state index is 12.8. The first-order valence-corrected chi connectivity index (χ1v) is 8.43. The normalized spacial score (nSPS) is 20.4. The third-order valence-corrected chi connectivity index (χ3v) is 6.04. The molecule has 1 aromatic rings. The second kappa shape index (κ2) is 5.73. The lowest BCUT2D eigenvalue weighted by molar-refractivity contribution is -0.385. The van der Waals surface area contributed by atoms with E-state index in [-0.39, 0.29) is 10.6 Å². The molecule has 1 aromatic carbocycles. The standard InChI is InChI=1S/C14H20N2O4S/c1-10-5-4-6-15(9-10)21(19,20)14-8-13(16(17)18)7-11(2)12(14)3/h7-8,10H,4-6,9H2,1-3H3. The summed E-state index contributed by atoms with van der Waals surface area (Å²) in [5.41, 5.74) is 1.02. The number of non-ortho nitro benzene ring substituents is 1. The van der Waals surface area contributed by atoms with E-state index in [0.717, 1.165) is 12.8 Å². The molecule has 1 atom stereocenters. The molecule has 0 N–H and O–H groups in total. The molecule has 2 rings (SSSR count). The van der Waals surface area contributed by atoms with Crippen molar-refractivity contribution >= 4 is 15.7 Å². The molecule has 1 aliphatic rings. The van der Waals surface area contributed by atoms with Crippen LogP contribution in [0.2, 0.25) is 0 Å². The van der Waals surface area contributed by atoms with Gasteiger partial charge in [0.05, 0.1) is 9.82 Å². The zero-order valence-electron chi connectivity index (χ0n) is 12.5.